The number of unbranched alkanes of at least 4 members (excludes halogenated alkanes) is 1. The Morgan fingerprint density at radius 3 is 2.59 bits per heavy atom. The van der Waals surface area contributed by atoms with E-state index in [1.807, 2.05) is 0 Å². The maximum absolute atomic E-state index is 4.62. The van der Waals surface area contributed by atoms with Gasteiger partial charge in [-0.15, -0.1) is 0 Å². The molecule has 0 amide bonds. The molecule has 0 bridgehead atoms. The van der Waals surface area contributed by atoms with Crippen LogP contribution in [-0.4, -0.2) is 37.3 Å². The van der Waals surface area contributed by atoms with Gasteiger partial charge in [0.25, 0.3) is 0 Å². The van der Waals surface area contributed by atoms with E-state index in [1.165, 1.54) is 64.6 Å². The number of rotatable bonds is 8. The van der Waals surface area contributed by atoms with E-state index in [-0.39, 0.29) is 0 Å². The molecule has 1 fully saturated rings. The Kier molecular flexibility index (Phi) is 8.33. The lowest BCUT2D eigenvalue weighted by Crippen LogP contribution is -2.31. The maximum atomic E-state index is 4.62. The van der Waals surface area contributed by atoms with Gasteiger partial charge in [-0.25, -0.2) is 0 Å². The quantitative estimate of drug-likeness (QED) is 0.588. The standard InChI is InChI=1S/C15H30N2/c1-3-5-9-15(4-2)14-16-10-13-17-11-7-6-8-12-17/h14-15H,3-13H2,1-2H3. The molecule has 1 aliphatic rings. The summed E-state index contributed by atoms with van der Waals surface area (Å²) in [5.41, 5.74) is 0. The molecule has 0 saturated carbocycles. The van der Waals surface area contributed by atoms with Gasteiger partial charge in [0.15, 0.2) is 0 Å². The Hall–Kier alpha value is -0.370. The molecule has 1 unspecified atom stereocenters. The summed E-state index contributed by atoms with van der Waals surface area (Å²) in [5.74, 6) is 0.719. The zero-order chi connectivity index (χ0) is 12.3. The van der Waals surface area contributed by atoms with E-state index < -0.39 is 0 Å². The van der Waals surface area contributed by atoms with Crippen LogP contribution in [0.3, 0.4) is 0 Å². The van der Waals surface area contributed by atoms with Crippen molar-refractivity contribution < 1.29 is 0 Å². The van der Waals surface area contributed by atoms with Crippen LogP contribution >= 0.6 is 0 Å². The van der Waals surface area contributed by atoms with Gasteiger partial charge >= 0.3 is 0 Å². The maximum Gasteiger partial charge on any atom is 0.0512 e. The molecule has 0 aromatic rings. The van der Waals surface area contributed by atoms with Crippen LogP contribution in [0, 0.1) is 5.92 Å². The van der Waals surface area contributed by atoms with E-state index >= 15 is 0 Å². The van der Waals surface area contributed by atoms with Crippen LogP contribution in [0.4, 0.5) is 0 Å². The Morgan fingerprint density at radius 1 is 1.18 bits per heavy atom. The topological polar surface area (TPSA) is 15.6 Å². The normalized spacial score (nSPS) is 19.9. The lowest BCUT2D eigenvalue weighted by atomic mass is 10.0. The summed E-state index contributed by atoms with van der Waals surface area (Å²) in [4.78, 5) is 7.19. The van der Waals surface area contributed by atoms with Gasteiger partial charge in [-0.2, -0.15) is 0 Å². The Morgan fingerprint density at radius 2 is 1.94 bits per heavy atom. The second kappa shape index (κ2) is 9.64. The average Bonchev–Trinajstić information content (AvgIpc) is 2.39. The van der Waals surface area contributed by atoms with Crippen molar-refractivity contribution in [3.63, 3.8) is 0 Å². The van der Waals surface area contributed by atoms with Gasteiger partial charge in [0.2, 0.25) is 0 Å². The zero-order valence-corrected chi connectivity index (χ0v) is 11.8. The van der Waals surface area contributed by atoms with E-state index in [9.17, 15) is 0 Å². The van der Waals surface area contributed by atoms with Crippen molar-refractivity contribution in [2.45, 2.75) is 58.8 Å². The summed E-state index contributed by atoms with van der Waals surface area (Å²) < 4.78 is 0. The number of likely N-dealkylation sites (tertiary alicyclic amines) is 1. The number of hydrogen-bond acceptors (Lipinski definition) is 2. The van der Waals surface area contributed by atoms with Crippen molar-refractivity contribution in [1.82, 2.24) is 4.90 Å². The number of piperidine rings is 1. The highest BCUT2D eigenvalue weighted by atomic mass is 15.1. The Bertz CT molecular complexity index is 195. The SMILES string of the molecule is CCCCC(C=NCCN1CCCCC1)CC. The molecule has 1 rings (SSSR count). The lowest BCUT2D eigenvalue weighted by molar-refractivity contribution is 0.235. The first-order valence-electron chi connectivity index (χ1n) is 7.59. The minimum atomic E-state index is 0.719. The van der Waals surface area contributed by atoms with Crippen molar-refractivity contribution in [3.8, 4) is 0 Å². The molecule has 1 saturated heterocycles. The molecule has 0 aromatic carbocycles. The van der Waals surface area contributed by atoms with Gasteiger partial charge in [0.1, 0.15) is 0 Å². The molecule has 0 radical (unpaired) electrons. The van der Waals surface area contributed by atoms with Crippen molar-refractivity contribution in [3.05, 3.63) is 0 Å². The molecule has 0 spiro atoms. The van der Waals surface area contributed by atoms with Gasteiger partial charge in [0.05, 0.1) is 6.54 Å². The molecule has 100 valence electrons. The molecular weight excluding hydrogens is 208 g/mol. The smallest absolute Gasteiger partial charge is 0.0512 e. The molecule has 2 nitrogen and oxygen atoms in total. The first-order valence-corrected chi connectivity index (χ1v) is 7.59. The molecule has 0 aromatic heterocycles. The van der Waals surface area contributed by atoms with Gasteiger partial charge in [-0.3, -0.25) is 4.99 Å². The third-order valence-electron chi connectivity index (χ3n) is 3.76. The Balaban J connectivity index is 2.09. The van der Waals surface area contributed by atoms with Crippen LogP contribution in [0.1, 0.15) is 58.8 Å². The van der Waals surface area contributed by atoms with Gasteiger partial charge in [-0.05, 0) is 44.7 Å². The van der Waals surface area contributed by atoms with Crippen LogP contribution in [-0.2, 0) is 0 Å². The predicted molar refractivity (Wildman–Crippen MR) is 77.0 cm³/mol. The van der Waals surface area contributed by atoms with Gasteiger partial charge in [-0.1, -0.05) is 33.1 Å². The van der Waals surface area contributed by atoms with Gasteiger partial charge < -0.3 is 4.90 Å². The fourth-order valence-corrected chi connectivity index (χ4v) is 2.46. The van der Waals surface area contributed by atoms with Crippen molar-refractivity contribution in [1.29, 1.82) is 0 Å². The molecule has 2 heteroatoms. The molecule has 1 atom stereocenters. The van der Waals surface area contributed by atoms with E-state index in [0.29, 0.717) is 0 Å². The van der Waals surface area contributed by atoms with Crippen LogP contribution in [0.25, 0.3) is 0 Å². The van der Waals surface area contributed by atoms with E-state index in [0.717, 1.165) is 12.5 Å². The fraction of sp³-hybridized carbons (Fsp3) is 0.933. The minimum Gasteiger partial charge on any atom is -0.302 e. The average molecular weight is 238 g/mol. The van der Waals surface area contributed by atoms with Crippen LogP contribution in [0.15, 0.2) is 4.99 Å². The van der Waals surface area contributed by atoms with Crippen molar-refractivity contribution in [2.24, 2.45) is 10.9 Å². The number of nitrogens with zero attached hydrogens (tertiary/aromatic N) is 2. The largest absolute Gasteiger partial charge is 0.302 e. The monoisotopic (exact) mass is 238 g/mol. The third kappa shape index (κ3) is 6.82. The second-order valence-electron chi connectivity index (χ2n) is 5.27. The first-order chi connectivity index (χ1) is 8.36. The zero-order valence-electron chi connectivity index (χ0n) is 11.8. The van der Waals surface area contributed by atoms with Gasteiger partial charge in [0, 0.05) is 12.8 Å². The summed E-state index contributed by atoms with van der Waals surface area (Å²) in [6.45, 7) is 9.30. The second-order valence-corrected chi connectivity index (χ2v) is 5.27. The van der Waals surface area contributed by atoms with Crippen LogP contribution in [0.5, 0.6) is 0 Å². The van der Waals surface area contributed by atoms with Crippen LogP contribution in [0.2, 0.25) is 0 Å². The van der Waals surface area contributed by atoms with E-state index in [2.05, 4.69) is 30.0 Å². The summed E-state index contributed by atoms with van der Waals surface area (Å²) in [6.07, 6.45) is 11.6. The molecule has 1 heterocycles. The predicted octanol–water partition coefficient (Wildman–Crippen LogP) is 3.76. The highest BCUT2D eigenvalue weighted by Crippen LogP contribution is 2.10. The fourth-order valence-electron chi connectivity index (χ4n) is 2.46. The van der Waals surface area contributed by atoms with Crippen molar-refractivity contribution in [2.75, 3.05) is 26.2 Å². The minimum absolute atomic E-state index is 0.719. The number of hydrogen-bond donors (Lipinski definition) is 0. The highest BCUT2D eigenvalue weighted by molar-refractivity contribution is 5.60. The van der Waals surface area contributed by atoms with E-state index in [1.54, 1.807) is 0 Å². The molecule has 17 heavy (non-hydrogen) atoms. The summed E-state index contributed by atoms with van der Waals surface area (Å²) >= 11 is 0. The van der Waals surface area contributed by atoms with Crippen molar-refractivity contribution >= 4 is 6.21 Å². The molecular formula is C15H30N2. The summed E-state index contributed by atoms with van der Waals surface area (Å²) in [5, 5.41) is 0. The summed E-state index contributed by atoms with van der Waals surface area (Å²) in [6, 6.07) is 0. The number of aliphatic imine (C=N–C) groups is 1. The lowest BCUT2D eigenvalue weighted by Gasteiger charge is -2.25. The summed E-state index contributed by atoms with van der Waals surface area (Å²) in [7, 11) is 0. The van der Waals surface area contributed by atoms with E-state index in [4.69, 9.17) is 0 Å². The third-order valence-corrected chi connectivity index (χ3v) is 3.76. The Labute approximate surface area is 107 Å². The molecule has 1 aliphatic heterocycles. The first kappa shape index (κ1) is 14.7. The highest BCUT2D eigenvalue weighted by Gasteiger charge is 2.08. The molecule has 0 N–H and O–H groups in total. The molecule has 0 aliphatic carbocycles. The van der Waals surface area contributed by atoms with Crippen LogP contribution < -0.4 is 0 Å².